The predicted molar refractivity (Wildman–Crippen MR) is 144 cm³/mol. The number of nitrogens with zero attached hydrogens (tertiary/aromatic N) is 1. The van der Waals surface area contributed by atoms with Crippen molar-refractivity contribution in [1.82, 2.24) is 4.98 Å². The van der Waals surface area contributed by atoms with Gasteiger partial charge in [-0.15, -0.1) is 0 Å². The summed E-state index contributed by atoms with van der Waals surface area (Å²) in [6.07, 6.45) is 2.82. The van der Waals surface area contributed by atoms with Gasteiger partial charge in [-0.05, 0) is 56.3 Å². The number of carbonyl (C=O) groups excluding carboxylic acids is 2. The molecule has 0 fully saturated rings. The van der Waals surface area contributed by atoms with Gasteiger partial charge in [0.05, 0.1) is 32.6 Å². The number of methoxy groups -OCH3 is 2. The van der Waals surface area contributed by atoms with E-state index in [9.17, 15) is 9.59 Å². The molecule has 0 saturated carbocycles. The third-order valence-electron chi connectivity index (χ3n) is 4.92. The van der Waals surface area contributed by atoms with Crippen LogP contribution in [0.5, 0.6) is 11.5 Å². The monoisotopic (exact) mass is 528 g/mol. The average molecular weight is 529 g/mol. The zero-order chi connectivity index (χ0) is 26.1. The molecule has 1 aromatic heterocycles. The zero-order valence-electron chi connectivity index (χ0n) is 20.4. The number of rotatable bonds is 11. The van der Waals surface area contributed by atoms with Gasteiger partial charge in [0, 0.05) is 32.9 Å². The van der Waals surface area contributed by atoms with Gasteiger partial charge in [-0.25, -0.2) is 4.79 Å². The van der Waals surface area contributed by atoms with Crippen molar-refractivity contribution in [3.05, 3.63) is 60.4 Å². The normalized spacial score (nSPS) is 10.9. The van der Waals surface area contributed by atoms with Crippen LogP contribution in [-0.4, -0.2) is 43.7 Å². The van der Waals surface area contributed by atoms with Gasteiger partial charge >= 0.3 is 6.09 Å². The van der Waals surface area contributed by atoms with Gasteiger partial charge in [-0.2, -0.15) is 0 Å². The third-order valence-corrected chi connectivity index (χ3v) is 7.38. The number of anilines is 3. The van der Waals surface area contributed by atoms with E-state index >= 15 is 0 Å². The summed E-state index contributed by atoms with van der Waals surface area (Å²) in [7, 11) is 6.23. The lowest BCUT2D eigenvalue weighted by atomic mass is 10.1. The molecule has 0 unspecified atom stereocenters. The Bertz CT molecular complexity index is 1220. The van der Waals surface area contributed by atoms with Gasteiger partial charge < -0.3 is 25.3 Å². The molecule has 190 valence electrons. The maximum absolute atomic E-state index is 12.5. The number of hydrogen-bond donors (Lipinski definition) is 3. The van der Waals surface area contributed by atoms with E-state index in [1.807, 2.05) is 30.3 Å². The average Bonchev–Trinajstić information content (AvgIpc) is 2.87. The van der Waals surface area contributed by atoms with Crippen molar-refractivity contribution in [2.45, 2.75) is 29.2 Å². The number of aromatic nitrogens is 1. The van der Waals surface area contributed by atoms with Gasteiger partial charge in [-0.3, -0.25) is 15.1 Å². The maximum Gasteiger partial charge on any atom is 0.412 e. The van der Waals surface area contributed by atoms with Crippen molar-refractivity contribution in [3.8, 4) is 11.5 Å². The van der Waals surface area contributed by atoms with E-state index in [2.05, 4.69) is 15.6 Å². The fraction of sp³-hybridized carbons (Fsp3) is 0.240. The van der Waals surface area contributed by atoms with Crippen LogP contribution < -0.4 is 25.8 Å². The van der Waals surface area contributed by atoms with Gasteiger partial charge in [-0.1, -0.05) is 21.6 Å². The standard InChI is InChI=1S/C25H28N4O5S2/c1-25(2,34-24(31)29-21-13-27-10-9-16(21)14-30)15-28-20-8-6-18(33-4)12-23(20)36-35-22-11-17(32-3)5-7-19(22)26/h5-14,28H,15,26H2,1-4H3,(H,29,31). The number of pyridine rings is 1. The Morgan fingerprint density at radius 2 is 1.69 bits per heavy atom. The summed E-state index contributed by atoms with van der Waals surface area (Å²) < 4.78 is 16.3. The highest BCUT2D eigenvalue weighted by Crippen LogP contribution is 2.45. The molecule has 1 amide bonds. The van der Waals surface area contributed by atoms with E-state index in [1.165, 1.54) is 40.0 Å². The minimum absolute atomic E-state index is 0.281. The highest BCUT2D eigenvalue weighted by atomic mass is 33.1. The third kappa shape index (κ3) is 7.46. The lowest BCUT2D eigenvalue weighted by Gasteiger charge is -2.26. The first-order valence-corrected chi connectivity index (χ1v) is 13.0. The van der Waals surface area contributed by atoms with Crippen LogP contribution in [0, 0.1) is 0 Å². The molecule has 1 heterocycles. The molecule has 0 aliphatic carbocycles. The Morgan fingerprint density at radius 1 is 1.03 bits per heavy atom. The highest BCUT2D eigenvalue weighted by Gasteiger charge is 2.24. The van der Waals surface area contributed by atoms with Gasteiger partial charge in [0.2, 0.25) is 0 Å². The van der Waals surface area contributed by atoms with Crippen molar-refractivity contribution in [1.29, 1.82) is 0 Å². The van der Waals surface area contributed by atoms with Crippen LogP contribution in [0.4, 0.5) is 21.9 Å². The number of hydrogen-bond acceptors (Lipinski definition) is 10. The Morgan fingerprint density at radius 3 is 2.39 bits per heavy atom. The molecule has 0 radical (unpaired) electrons. The molecule has 0 atom stereocenters. The first-order chi connectivity index (χ1) is 17.2. The quantitative estimate of drug-likeness (QED) is 0.161. The molecule has 0 aliphatic rings. The second kappa shape index (κ2) is 12.4. The van der Waals surface area contributed by atoms with Crippen LogP contribution in [0.15, 0.2) is 64.6 Å². The number of nitrogens with one attached hydrogen (secondary N) is 2. The molecule has 0 bridgehead atoms. The summed E-state index contributed by atoms with van der Waals surface area (Å²) in [6, 6.07) is 12.7. The number of nitrogens with two attached hydrogens (primary N) is 1. The van der Waals surface area contributed by atoms with E-state index in [4.69, 9.17) is 19.9 Å². The van der Waals surface area contributed by atoms with Crippen LogP contribution in [0.25, 0.3) is 0 Å². The molecule has 3 aromatic rings. The SMILES string of the molecule is COc1ccc(N)c(SSc2cc(OC)ccc2NCC(C)(C)OC(=O)Nc2cnccc2C=O)c1. The number of benzene rings is 2. The van der Waals surface area contributed by atoms with Crippen molar-refractivity contribution < 1.29 is 23.8 Å². The Kier molecular flexibility index (Phi) is 9.31. The number of carbonyl (C=O) groups is 2. The Hall–Kier alpha value is -3.57. The molecule has 0 saturated heterocycles. The predicted octanol–water partition coefficient (Wildman–Crippen LogP) is 5.73. The zero-order valence-corrected chi connectivity index (χ0v) is 22.0. The topological polar surface area (TPSA) is 125 Å². The fourth-order valence-corrected chi connectivity index (χ4v) is 5.28. The minimum Gasteiger partial charge on any atom is -0.497 e. The number of ether oxygens (including phenoxy) is 3. The first-order valence-electron chi connectivity index (χ1n) is 10.8. The summed E-state index contributed by atoms with van der Waals surface area (Å²) >= 11 is 0. The molecule has 2 aromatic carbocycles. The second-order valence-corrected chi connectivity index (χ2v) is 10.4. The van der Waals surface area contributed by atoms with E-state index in [-0.39, 0.29) is 5.69 Å². The molecule has 36 heavy (non-hydrogen) atoms. The number of aldehydes is 1. The molecular formula is C25H28N4O5S2. The highest BCUT2D eigenvalue weighted by molar-refractivity contribution is 8.76. The van der Waals surface area contributed by atoms with Crippen LogP contribution in [0.1, 0.15) is 24.2 Å². The van der Waals surface area contributed by atoms with Crippen LogP contribution in [0.2, 0.25) is 0 Å². The van der Waals surface area contributed by atoms with Crippen LogP contribution >= 0.6 is 21.6 Å². The van der Waals surface area contributed by atoms with E-state index in [1.54, 1.807) is 34.1 Å². The summed E-state index contributed by atoms with van der Waals surface area (Å²) in [5.74, 6) is 1.43. The lowest BCUT2D eigenvalue weighted by molar-refractivity contribution is 0.0588. The molecule has 9 nitrogen and oxygen atoms in total. The summed E-state index contributed by atoms with van der Waals surface area (Å²) in [4.78, 5) is 29.3. The molecule has 0 spiro atoms. The van der Waals surface area contributed by atoms with Gasteiger partial charge in [0.25, 0.3) is 0 Å². The van der Waals surface area contributed by atoms with E-state index < -0.39 is 11.7 Å². The van der Waals surface area contributed by atoms with E-state index in [0.29, 0.717) is 29.8 Å². The molecular weight excluding hydrogens is 500 g/mol. The second-order valence-electron chi connectivity index (χ2n) is 8.14. The minimum atomic E-state index is -0.875. The molecule has 0 aliphatic heterocycles. The van der Waals surface area contributed by atoms with Crippen LogP contribution in [0.3, 0.4) is 0 Å². The van der Waals surface area contributed by atoms with Crippen molar-refractivity contribution in [2.24, 2.45) is 0 Å². The van der Waals surface area contributed by atoms with Crippen molar-refractivity contribution >= 4 is 51.0 Å². The summed E-state index contributed by atoms with van der Waals surface area (Å²) in [5.41, 5.74) is 7.33. The first kappa shape index (κ1) is 27.0. The summed E-state index contributed by atoms with van der Waals surface area (Å²) in [6.45, 7) is 3.89. The maximum atomic E-state index is 12.5. The van der Waals surface area contributed by atoms with Crippen LogP contribution in [-0.2, 0) is 4.74 Å². The van der Waals surface area contributed by atoms with E-state index in [0.717, 1.165) is 21.2 Å². The smallest absolute Gasteiger partial charge is 0.412 e. The van der Waals surface area contributed by atoms with Crippen molar-refractivity contribution in [2.75, 3.05) is 37.1 Å². The summed E-state index contributed by atoms with van der Waals surface area (Å²) in [5, 5.41) is 5.92. The molecule has 3 rings (SSSR count). The molecule has 4 N–H and O–H groups in total. The van der Waals surface area contributed by atoms with Gasteiger partial charge in [0.15, 0.2) is 6.29 Å². The number of amides is 1. The Balaban J connectivity index is 1.67. The Labute approximate surface area is 217 Å². The fourth-order valence-electron chi connectivity index (χ4n) is 2.99. The number of nitrogen functional groups attached to an aromatic ring is 1. The molecule has 11 heteroatoms. The largest absolute Gasteiger partial charge is 0.497 e. The van der Waals surface area contributed by atoms with Crippen molar-refractivity contribution in [3.63, 3.8) is 0 Å². The van der Waals surface area contributed by atoms with Gasteiger partial charge in [0.1, 0.15) is 17.1 Å². The lowest BCUT2D eigenvalue weighted by Crippen LogP contribution is -2.37.